The number of benzene rings is 10. The van der Waals surface area contributed by atoms with Gasteiger partial charge in [0.15, 0.2) is 11.5 Å². The molecule has 0 bridgehead atoms. The zero-order valence-corrected chi connectivity index (χ0v) is 31.7. The van der Waals surface area contributed by atoms with Gasteiger partial charge in [0, 0.05) is 22.3 Å². The summed E-state index contributed by atoms with van der Waals surface area (Å²) in [6.45, 7) is 0. The first-order chi connectivity index (χ1) is 35.6. The van der Waals surface area contributed by atoms with Gasteiger partial charge in [0.1, 0.15) is 0 Å². The van der Waals surface area contributed by atoms with Crippen LogP contribution in [0.1, 0.15) is 21.9 Å². The minimum atomic E-state index is -6.76. The summed E-state index contributed by atoms with van der Waals surface area (Å²) < 4.78 is 225. The highest BCUT2D eigenvalue weighted by Gasteiger charge is 2.56. The summed E-state index contributed by atoms with van der Waals surface area (Å²) in [6.07, 6.45) is 0. The van der Waals surface area contributed by atoms with E-state index in [0.717, 1.165) is 16.6 Å². The Morgan fingerprint density at radius 3 is 1.30 bits per heavy atom. The SMILES string of the molecule is [2H]c1c([2H])c([2H])c2c(cc(-c3cc4ccccc4c4c3O[P+]([O-])(NS(=O)(=O)C(F)(F)F)Oc3c(-c5cc6c([2H])c([2H])c([2H])c([2H])c6c6c([2H])c([2H])c([2H])c([2H])c56)cc5ccccc5c3-4)c3c([2H])c([2H])c([2H])c([2H])c32)c1[2H]. The molecule has 1 heterocycles. The number of halogens is 3. The van der Waals surface area contributed by atoms with Gasteiger partial charge < -0.3 is 4.89 Å². The lowest BCUT2D eigenvalue weighted by atomic mass is 9.84. The van der Waals surface area contributed by atoms with Crippen LogP contribution in [-0.4, -0.2) is 13.9 Å². The van der Waals surface area contributed by atoms with Crippen molar-refractivity contribution < 1.29 is 57.5 Å². The fourth-order valence-electron chi connectivity index (χ4n) is 7.76. The van der Waals surface area contributed by atoms with Gasteiger partial charge in [-0.1, -0.05) is 145 Å². The largest absolute Gasteiger partial charge is 0.600 e. The summed E-state index contributed by atoms with van der Waals surface area (Å²) in [6, 6.07) is 5.07. The van der Waals surface area contributed by atoms with Gasteiger partial charge in [0.2, 0.25) is 0 Å². The second-order valence-corrected chi connectivity index (χ2v) is 17.2. The third kappa shape index (κ3) is 5.63. The van der Waals surface area contributed by atoms with E-state index in [1.165, 1.54) is 36.4 Å². The number of hydrogen-bond donors (Lipinski definition) is 1. The molecular weight excluding hydrogens is 803 g/mol. The van der Waals surface area contributed by atoms with Gasteiger partial charge in [-0.25, -0.2) is 0 Å². The molecule has 0 radical (unpaired) electrons. The van der Waals surface area contributed by atoms with Crippen LogP contribution in [0.25, 0.3) is 98.0 Å². The van der Waals surface area contributed by atoms with Crippen molar-refractivity contribution in [3.63, 3.8) is 0 Å². The number of rotatable bonds is 4. The molecule has 0 saturated carbocycles. The van der Waals surface area contributed by atoms with Crippen LogP contribution in [0.5, 0.6) is 11.5 Å². The predicted molar refractivity (Wildman–Crippen MR) is 234 cm³/mol. The smallest absolute Gasteiger partial charge is 0.514 e. The van der Waals surface area contributed by atoms with Crippen molar-refractivity contribution in [2.45, 2.75) is 5.51 Å². The van der Waals surface area contributed by atoms with Crippen molar-refractivity contribution >= 4 is 82.8 Å². The Morgan fingerprint density at radius 1 is 0.500 bits per heavy atom. The number of alkyl halides is 3. The Bertz CT molecular complexity index is 4250. The molecule has 11 heteroatoms. The maximum Gasteiger partial charge on any atom is 0.514 e. The molecule has 0 fully saturated rings. The molecule has 0 aromatic heterocycles. The van der Waals surface area contributed by atoms with Crippen LogP contribution in [0.15, 0.2) is 169 Å². The van der Waals surface area contributed by atoms with Crippen LogP contribution < -0.4 is 18.4 Å². The highest BCUT2D eigenvalue weighted by Crippen LogP contribution is 2.64. The van der Waals surface area contributed by atoms with Crippen molar-refractivity contribution in [3.05, 3.63) is 169 Å². The quantitative estimate of drug-likeness (QED) is 0.141. The molecule has 1 N–H and O–H groups in total. The summed E-state index contributed by atoms with van der Waals surface area (Å²) in [5.41, 5.74) is -8.06. The number of fused-ring (bicyclic) bond motifs is 13. The van der Waals surface area contributed by atoms with Crippen LogP contribution in [0.3, 0.4) is 0 Å². The Kier molecular flexibility index (Phi) is 5.14. The van der Waals surface area contributed by atoms with Gasteiger partial charge in [-0.2, -0.15) is 21.6 Å². The maximum atomic E-state index is 15.8. The molecule has 1 aliphatic heterocycles. The van der Waals surface area contributed by atoms with Gasteiger partial charge in [0.05, 0.1) is 21.9 Å². The molecule has 10 aromatic carbocycles. The molecule has 0 aliphatic carbocycles. The van der Waals surface area contributed by atoms with Crippen molar-refractivity contribution in [2.24, 2.45) is 0 Å². The minimum Gasteiger partial charge on any atom is -0.600 e. The van der Waals surface area contributed by atoms with Crippen LogP contribution >= 0.6 is 8.09 Å². The number of sulfonamides is 1. The lowest BCUT2D eigenvalue weighted by Gasteiger charge is -2.27. The predicted octanol–water partition coefficient (Wildman–Crippen LogP) is 12.9. The van der Waals surface area contributed by atoms with E-state index in [4.69, 9.17) is 28.2 Å². The summed E-state index contributed by atoms with van der Waals surface area (Å²) in [7, 11) is -13.0. The lowest BCUT2D eigenvalue weighted by Crippen LogP contribution is -2.43. The zero-order valence-electron chi connectivity index (χ0n) is 46.0. The molecule has 0 spiro atoms. The van der Waals surface area contributed by atoms with Gasteiger partial charge in [-0.3, -0.25) is 9.05 Å². The maximum absolute atomic E-state index is 15.8. The van der Waals surface area contributed by atoms with Crippen molar-refractivity contribution in [3.8, 4) is 44.9 Å². The fourth-order valence-corrected chi connectivity index (χ4v) is 10.5. The van der Waals surface area contributed by atoms with Crippen LogP contribution in [0.2, 0.25) is 0 Å². The molecule has 0 unspecified atom stereocenters. The van der Waals surface area contributed by atoms with Gasteiger partial charge >= 0.3 is 23.6 Å². The molecule has 292 valence electrons. The van der Waals surface area contributed by atoms with E-state index >= 15 is 4.89 Å². The standard InChI is InChI=1S/C49H29F3NO5PS/c50-49(51,52)60(55,56)53-59(54)57-47-43(41-25-29-13-1-5-17-33(29)37-21-9-11-23-39(37)41)27-31-15-3-7-19-35(31)45(47)46-36-20-8-4-16-32(36)28-44(48(46)58-59)42-26-30-14-2-6-18-34(30)38-22-10-12-24-40(38)42/h1-28H,(H,53,54)/i1D,2D,5D,6D,9D,10D,11D,12D,13D,14D,17D,18D,21D,22D,23D,24D. The van der Waals surface area contributed by atoms with E-state index in [0.29, 0.717) is 0 Å². The first kappa shape index (κ1) is 23.3. The average molecular weight is 848 g/mol. The Hall–Kier alpha value is -6.55. The Labute approximate surface area is 364 Å². The third-order valence-electron chi connectivity index (χ3n) is 10.2. The number of hydrogen-bond acceptors (Lipinski definition) is 5. The topological polar surface area (TPSA) is 87.7 Å². The van der Waals surface area contributed by atoms with Gasteiger partial charge in [-0.15, -0.1) is 0 Å². The van der Waals surface area contributed by atoms with Crippen LogP contribution in [-0.2, 0) is 10.0 Å². The van der Waals surface area contributed by atoms with E-state index < -0.39 is 153 Å². The summed E-state index contributed by atoms with van der Waals surface area (Å²) >= 11 is 0. The van der Waals surface area contributed by atoms with Gasteiger partial charge in [-0.05, 0) is 105 Å². The molecule has 60 heavy (non-hydrogen) atoms. The summed E-state index contributed by atoms with van der Waals surface area (Å²) in [4.78, 5) is 15.8. The highest BCUT2D eigenvalue weighted by atomic mass is 32.2. The Morgan fingerprint density at radius 2 is 0.867 bits per heavy atom. The van der Waals surface area contributed by atoms with E-state index in [1.54, 1.807) is 24.3 Å². The highest BCUT2D eigenvalue weighted by molar-refractivity contribution is 7.96. The first-order valence-corrected chi connectivity index (χ1v) is 20.7. The fraction of sp³-hybridized carbons (Fsp3) is 0.0204. The molecule has 6 nitrogen and oxygen atoms in total. The van der Waals surface area contributed by atoms with Crippen molar-refractivity contribution in [1.29, 1.82) is 0 Å². The van der Waals surface area contributed by atoms with E-state index in [9.17, 15) is 24.3 Å². The van der Waals surface area contributed by atoms with E-state index in [2.05, 4.69) is 0 Å². The van der Waals surface area contributed by atoms with Crippen molar-refractivity contribution in [1.82, 2.24) is 4.49 Å². The third-order valence-corrected chi connectivity index (χ3v) is 13.5. The zero-order chi connectivity index (χ0) is 54.9. The van der Waals surface area contributed by atoms with Crippen LogP contribution in [0, 0.1) is 0 Å². The van der Waals surface area contributed by atoms with Crippen molar-refractivity contribution in [2.75, 3.05) is 0 Å². The Balaban J connectivity index is 1.41. The second kappa shape index (κ2) is 13.2. The minimum absolute atomic E-state index is 0.133. The van der Waals surface area contributed by atoms with Gasteiger partial charge in [0.25, 0.3) is 0 Å². The van der Waals surface area contributed by atoms with Crippen LogP contribution in [0.4, 0.5) is 13.2 Å². The monoisotopic (exact) mass is 847 g/mol. The summed E-state index contributed by atoms with van der Waals surface area (Å²) in [5, 5.41) is -2.28. The molecule has 1 aliphatic rings. The molecule has 0 amide bonds. The second-order valence-electron chi connectivity index (χ2n) is 13.6. The average Bonchev–Trinajstić information content (AvgIpc) is 3.52. The molecule has 0 saturated heterocycles. The summed E-state index contributed by atoms with van der Waals surface area (Å²) in [5.74, 6) is -1.50. The normalized spacial score (nSPS) is 17.7. The molecule has 0 atom stereocenters. The number of nitrogens with one attached hydrogen (secondary N) is 1. The molecular formula is C49H29F3NO5PS. The van der Waals surface area contributed by atoms with E-state index in [1.807, 2.05) is 0 Å². The van der Waals surface area contributed by atoms with E-state index in [-0.39, 0.29) is 76.5 Å². The molecule has 11 rings (SSSR count). The lowest BCUT2D eigenvalue weighted by molar-refractivity contribution is -0.204. The molecule has 10 aromatic rings. The first-order valence-electron chi connectivity index (χ1n) is 25.7.